The van der Waals surface area contributed by atoms with Gasteiger partial charge < -0.3 is 15.6 Å². The van der Waals surface area contributed by atoms with Crippen LogP contribution in [0.25, 0.3) is 5.57 Å². The Hall–Kier alpha value is -3.64. The van der Waals surface area contributed by atoms with Gasteiger partial charge in [0, 0.05) is 12.1 Å². The molecule has 25 heavy (non-hydrogen) atoms. The number of carbonyl (C=O) groups is 1. The second-order valence-corrected chi connectivity index (χ2v) is 5.09. The molecule has 0 aromatic heterocycles. The number of nitro benzene ring substituents is 1. The van der Waals surface area contributed by atoms with E-state index in [1.807, 2.05) is 0 Å². The standard InChI is InChI=1S/C17H14N2O6/c1-25-15-7-4-11(8-14(15)18)16(17(21)22)13(9-20)10-2-5-12(6-3-10)19(23)24/h2-8,16H,18H2,1H3,(H,21,22). The summed E-state index contributed by atoms with van der Waals surface area (Å²) < 4.78 is 5.03. The summed E-state index contributed by atoms with van der Waals surface area (Å²) >= 11 is 0. The van der Waals surface area contributed by atoms with Crippen LogP contribution in [0, 0.1) is 10.1 Å². The average Bonchev–Trinajstić information content (AvgIpc) is 2.59. The van der Waals surface area contributed by atoms with E-state index in [2.05, 4.69) is 0 Å². The molecule has 0 aliphatic rings. The van der Waals surface area contributed by atoms with Gasteiger partial charge in [0.25, 0.3) is 5.69 Å². The Balaban J connectivity index is 2.50. The highest BCUT2D eigenvalue weighted by Crippen LogP contribution is 2.34. The van der Waals surface area contributed by atoms with Crippen LogP contribution in [-0.4, -0.2) is 29.1 Å². The third-order valence-electron chi connectivity index (χ3n) is 3.62. The molecule has 3 N–H and O–H groups in total. The van der Waals surface area contributed by atoms with E-state index in [4.69, 9.17) is 10.5 Å². The number of nitrogen functional groups attached to an aromatic ring is 1. The van der Waals surface area contributed by atoms with Crippen molar-refractivity contribution in [2.24, 2.45) is 0 Å². The molecular formula is C17H14N2O6. The van der Waals surface area contributed by atoms with Gasteiger partial charge in [0.1, 0.15) is 17.6 Å². The number of nitrogens with two attached hydrogens (primary N) is 1. The minimum Gasteiger partial charge on any atom is -0.495 e. The van der Waals surface area contributed by atoms with Crippen LogP contribution in [0.2, 0.25) is 0 Å². The molecule has 0 spiro atoms. The molecule has 0 saturated heterocycles. The molecular weight excluding hydrogens is 328 g/mol. The van der Waals surface area contributed by atoms with Crippen molar-refractivity contribution in [3.63, 3.8) is 0 Å². The number of methoxy groups -OCH3 is 1. The monoisotopic (exact) mass is 342 g/mol. The second kappa shape index (κ2) is 7.29. The largest absolute Gasteiger partial charge is 0.495 e. The van der Waals surface area contributed by atoms with Crippen molar-refractivity contribution in [2.45, 2.75) is 5.92 Å². The minimum absolute atomic E-state index is 0.160. The van der Waals surface area contributed by atoms with Crippen LogP contribution in [0.3, 0.4) is 0 Å². The molecule has 0 aliphatic carbocycles. The zero-order valence-electron chi connectivity index (χ0n) is 13.1. The van der Waals surface area contributed by atoms with Gasteiger partial charge in [-0.3, -0.25) is 14.9 Å². The first-order chi connectivity index (χ1) is 11.9. The first-order valence-electron chi connectivity index (χ1n) is 7.05. The number of carboxylic acids is 1. The molecule has 2 rings (SSSR count). The van der Waals surface area contributed by atoms with Gasteiger partial charge in [-0.25, -0.2) is 4.79 Å². The van der Waals surface area contributed by atoms with Gasteiger partial charge in [0.15, 0.2) is 0 Å². The van der Waals surface area contributed by atoms with Gasteiger partial charge in [-0.1, -0.05) is 6.07 Å². The van der Waals surface area contributed by atoms with Crippen molar-refractivity contribution in [3.05, 3.63) is 63.7 Å². The normalized spacial score (nSPS) is 11.2. The Kier molecular flexibility index (Phi) is 5.16. The molecule has 0 amide bonds. The summed E-state index contributed by atoms with van der Waals surface area (Å²) in [5.41, 5.74) is 6.18. The van der Waals surface area contributed by atoms with Crippen molar-refractivity contribution >= 4 is 28.9 Å². The van der Waals surface area contributed by atoms with Gasteiger partial charge in [-0.15, -0.1) is 0 Å². The minimum atomic E-state index is -1.33. The van der Waals surface area contributed by atoms with E-state index in [1.54, 1.807) is 5.94 Å². The molecule has 1 atom stereocenters. The summed E-state index contributed by atoms with van der Waals surface area (Å²) in [4.78, 5) is 33.3. The molecule has 1 unspecified atom stereocenters. The lowest BCUT2D eigenvalue weighted by atomic mass is 9.87. The number of benzene rings is 2. The number of non-ortho nitro benzene ring substituents is 1. The quantitative estimate of drug-likeness (QED) is 0.356. The molecule has 128 valence electrons. The highest BCUT2D eigenvalue weighted by molar-refractivity contribution is 6.02. The number of aliphatic carboxylic acids is 1. The van der Waals surface area contributed by atoms with E-state index in [9.17, 15) is 24.8 Å². The summed E-state index contributed by atoms with van der Waals surface area (Å²) in [7, 11) is 1.42. The fourth-order valence-electron chi connectivity index (χ4n) is 2.41. The van der Waals surface area contributed by atoms with E-state index in [1.165, 1.54) is 49.6 Å². The third-order valence-corrected chi connectivity index (χ3v) is 3.62. The SMILES string of the molecule is COc1ccc(C(C(=O)O)C(=C=O)c2ccc([N+](=O)[O-])cc2)cc1N. The van der Waals surface area contributed by atoms with Crippen LogP contribution >= 0.6 is 0 Å². The number of nitro groups is 1. The van der Waals surface area contributed by atoms with E-state index < -0.39 is 16.8 Å². The number of carboxylic acid groups (broad SMARTS) is 1. The molecule has 0 saturated carbocycles. The first-order valence-corrected chi connectivity index (χ1v) is 7.05. The maximum absolute atomic E-state index is 11.7. The number of anilines is 1. The maximum atomic E-state index is 11.7. The molecule has 0 heterocycles. The van der Waals surface area contributed by atoms with Gasteiger partial charge in [-0.2, -0.15) is 0 Å². The predicted octanol–water partition coefficient (Wildman–Crippen LogP) is 2.27. The van der Waals surface area contributed by atoms with E-state index in [-0.39, 0.29) is 28.1 Å². The topological polar surface area (TPSA) is 133 Å². The second-order valence-electron chi connectivity index (χ2n) is 5.09. The zero-order chi connectivity index (χ0) is 18.6. The Bertz CT molecular complexity index is 869. The summed E-state index contributed by atoms with van der Waals surface area (Å²) in [6.45, 7) is 0. The number of ether oxygens (including phenoxy) is 1. The van der Waals surface area contributed by atoms with Crippen LogP contribution in [0.5, 0.6) is 5.75 Å². The van der Waals surface area contributed by atoms with Crippen LogP contribution in [-0.2, 0) is 9.59 Å². The predicted molar refractivity (Wildman–Crippen MR) is 90.0 cm³/mol. The Morgan fingerprint density at radius 2 is 1.92 bits per heavy atom. The molecule has 8 nitrogen and oxygen atoms in total. The van der Waals surface area contributed by atoms with E-state index in [0.717, 1.165) is 0 Å². The van der Waals surface area contributed by atoms with Crippen LogP contribution in [0.4, 0.5) is 11.4 Å². The third kappa shape index (κ3) is 3.65. The highest BCUT2D eigenvalue weighted by Gasteiger charge is 2.28. The van der Waals surface area contributed by atoms with Crippen molar-refractivity contribution in [1.29, 1.82) is 0 Å². The Morgan fingerprint density at radius 1 is 1.28 bits per heavy atom. The lowest BCUT2D eigenvalue weighted by Crippen LogP contribution is -2.14. The maximum Gasteiger partial charge on any atom is 0.316 e. The number of hydrogen-bond donors (Lipinski definition) is 2. The van der Waals surface area contributed by atoms with Crippen LogP contribution < -0.4 is 10.5 Å². The molecule has 0 aliphatic heterocycles. The van der Waals surface area contributed by atoms with Crippen molar-refractivity contribution in [3.8, 4) is 5.75 Å². The molecule has 0 fully saturated rings. The number of hydrogen-bond acceptors (Lipinski definition) is 6. The zero-order valence-corrected chi connectivity index (χ0v) is 13.1. The average molecular weight is 342 g/mol. The van der Waals surface area contributed by atoms with Crippen LogP contribution in [0.1, 0.15) is 17.0 Å². The summed E-state index contributed by atoms with van der Waals surface area (Å²) in [6.07, 6.45) is 0. The molecule has 2 aromatic rings. The first kappa shape index (κ1) is 17.7. The lowest BCUT2D eigenvalue weighted by Gasteiger charge is -2.16. The number of carbonyl (C=O) groups excluding carboxylic acids is 1. The molecule has 0 radical (unpaired) electrons. The fraction of sp³-hybridized carbons (Fsp3) is 0.118. The highest BCUT2D eigenvalue weighted by atomic mass is 16.6. The molecule has 2 aromatic carbocycles. The van der Waals surface area contributed by atoms with Crippen molar-refractivity contribution in [2.75, 3.05) is 12.8 Å². The summed E-state index contributed by atoms with van der Waals surface area (Å²) in [6, 6.07) is 9.38. The van der Waals surface area contributed by atoms with Gasteiger partial charge in [0.2, 0.25) is 0 Å². The van der Waals surface area contributed by atoms with E-state index in [0.29, 0.717) is 5.75 Å². The molecule has 0 bridgehead atoms. The van der Waals surface area contributed by atoms with Gasteiger partial charge in [0.05, 0.1) is 23.3 Å². The number of rotatable bonds is 6. The summed E-state index contributed by atoms with van der Waals surface area (Å²) in [5, 5.41) is 20.3. The van der Waals surface area contributed by atoms with Crippen LogP contribution in [0.15, 0.2) is 42.5 Å². The summed E-state index contributed by atoms with van der Waals surface area (Å²) in [5.74, 6) is -0.590. The molecule has 8 heteroatoms. The van der Waals surface area contributed by atoms with Crippen molar-refractivity contribution < 1.29 is 24.4 Å². The van der Waals surface area contributed by atoms with Gasteiger partial charge >= 0.3 is 5.97 Å². The fourth-order valence-corrected chi connectivity index (χ4v) is 2.41. The van der Waals surface area contributed by atoms with E-state index >= 15 is 0 Å². The Labute approximate surface area is 142 Å². The lowest BCUT2D eigenvalue weighted by molar-refractivity contribution is -0.384. The van der Waals surface area contributed by atoms with Gasteiger partial charge in [-0.05, 0) is 35.4 Å². The van der Waals surface area contributed by atoms with Crippen molar-refractivity contribution in [1.82, 2.24) is 0 Å². The Morgan fingerprint density at radius 3 is 2.36 bits per heavy atom. The number of nitrogens with zero attached hydrogens (tertiary/aromatic N) is 1. The smallest absolute Gasteiger partial charge is 0.316 e.